The Kier molecular flexibility index (Phi) is 6.73. The van der Waals surface area contributed by atoms with Crippen LogP contribution < -0.4 is 5.32 Å². The number of amides is 1. The molecule has 1 atom stereocenters. The molecule has 0 radical (unpaired) electrons. The largest absolute Gasteiger partial charge is 0.453 e. The molecular weight excluding hydrogens is 354 g/mol. The fourth-order valence-corrected chi connectivity index (χ4v) is 2.70. The van der Waals surface area contributed by atoms with Crippen LogP contribution in [0.3, 0.4) is 0 Å². The molecule has 0 heterocycles. The Hall–Kier alpha value is -2.95. The highest BCUT2D eigenvalue weighted by molar-refractivity contribution is 6.00. The van der Waals surface area contributed by atoms with Gasteiger partial charge in [-0.1, -0.05) is 62.7 Å². The molecule has 5 heteroatoms. The van der Waals surface area contributed by atoms with Gasteiger partial charge >= 0.3 is 5.97 Å². The van der Waals surface area contributed by atoms with E-state index in [-0.39, 0.29) is 23.7 Å². The summed E-state index contributed by atoms with van der Waals surface area (Å²) < 4.78 is 5.17. The summed E-state index contributed by atoms with van der Waals surface area (Å²) in [5, 5.41) is 2.51. The van der Waals surface area contributed by atoms with Crippen molar-refractivity contribution < 1.29 is 19.1 Å². The van der Waals surface area contributed by atoms with E-state index >= 15 is 0 Å². The lowest BCUT2D eigenvalue weighted by atomic mass is 9.86. The first-order chi connectivity index (χ1) is 13.1. The highest BCUT2D eigenvalue weighted by Crippen LogP contribution is 2.22. The van der Waals surface area contributed by atoms with Gasteiger partial charge in [0.05, 0.1) is 0 Å². The Morgan fingerprint density at radius 2 is 1.64 bits per heavy atom. The Balaban J connectivity index is 1.89. The number of ether oxygens (including phenoxy) is 1. The van der Waals surface area contributed by atoms with Crippen molar-refractivity contribution in [3.63, 3.8) is 0 Å². The lowest BCUT2D eigenvalue weighted by Gasteiger charge is -2.19. The zero-order valence-electron chi connectivity index (χ0n) is 17.0. The molecule has 2 aromatic rings. The molecule has 0 fully saturated rings. The average molecular weight is 381 g/mol. The highest BCUT2D eigenvalue weighted by Gasteiger charge is 2.21. The molecule has 0 aliphatic rings. The molecule has 28 heavy (non-hydrogen) atoms. The molecule has 148 valence electrons. The SMILES string of the molecule is Cc1cccc(C(=O)NCC(=O)O[C@H](C)C(=O)c2ccc(C(C)(C)C)cc2)c1. The topological polar surface area (TPSA) is 72.5 Å². The van der Waals surface area contributed by atoms with Crippen LogP contribution in [0.2, 0.25) is 0 Å². The summed E-state index contributed by atoms with van der Waals surface area (Å²) in [6.45, 7) is 9.40. The summed E-state index contributed by atoms with van der Waals surface area (Å²) in [5.41, 5.74) is 3.02. The first-order valence-electron chi connectivity index (χ1n) is 9.27. The normalized spacial score (nSPS) is 12.2. The van der Waals surface area contributed by atoms with Crippen LogP contribution in [0.15, 0.2) is 48.5 Å². The molecule has 0 aliphatic carbocycles. The summed E-state index contributed by atoms with van der Waals surface area (Å²) >= 11 is 0. The van der Waals surface area contributed by atoms with E-state index in [4.69, 9.17) is 4.74 Å². The molecule has 0 bridgehead atoms. The lowest BCUT2D eigenvalue weighted by molar-refractivity contribution is -0.145. The maximum absolute atomic E-state index is 12.5. The maximum atomic E-state index is 12.5. The first-order valence-corrected chi connectivity index (χ1v) is 9.27. The number of carbonyl (C=O) groups excluding carboxylic acids is 3. The Morgan fingerprint density at radius 3 is 2.21 bits per heavy atom. The summed E-state index contributed by atoms with van der Waals surface area (Å²) in [4.78, 5) is 36.5. The van der Waals surface area contributed by atoms with Crippen LogP contribution in [0.25, 0.3) is 0 Å². The zero-order valence-corrected chi connectivity index (χ0v) is 17.0. The molecule has 0 aliphatic heterocycles. The van der Waals surface area contributed by atoms with Crippen molar-refractivity contribution in [2.75, 3.05) is 6.54 Å². The van der Waals surface area contributed by atoms with Crippen LogP contribution in [-0.2, 0) is 14.9 Å². The Morgan fingerprint density at radius 1 is 1.00 bits per heavy atom. The van der Waals surface area contributed by atoms with E-state index < -0.39 is 12.1 Å². The Labute approximate surface area is 166 Å². The summed E-state index contributed by atoms with van der Waals surface area (Å²) in [6, 6.07) is 14.4. The fourth-order valence-electron chi connectivity index (χ4n) is 2.70. The van der Waals surface area contributed by atoms with Gasteiger partial charge in [-0.2, -0.15) is 0 Å². The number of nitrogens with one attached hydrogen (secondary N) is 1. The summed E-state index contributed by atoms with van der Waals surface area (Å²) in [7, 11) is 0. The van der Waals surface area contributed by atoms with Gasteiger partial charge in [0.25, 0.3) is 5.91 Å². The third kappa shape index (κ3) is 5.78. The number of ketones is 1. The maximum Gasteiger partial charge on any atom is 0.326 e. The third-order valence-corrected chi connectivity index (χ3v) is 4.39. The predicted octanol–water partition coefficient (Wildman–Crippen LogP) is 3.84. The molecule has 2 rings (SSSR count). The number of hydrogen-bond acceptors (Lipinski definition) is 4. The van der Waals surface area contributed by atoms with E-state index in [1.165, 1.54) is 6.92 Å². The first kappa shape index (κ1) is 21.4. The number of carbonyl (C=O) groups is 3. The number of rotatable bonds is 6. The molecule has 0 saturated heterocycles. The van der Waals surface area contributed by atoms with E-state index in [2.05, 4.69) is 26.1 Å². The minimum absolute atomic E-state index is 0.00480. The van der Waals surface area contributed by atoms with Crippen LogP contribution >= 0.6 is 0 Å². The van der Waals surface area contributed by atoms with Crippen molar-refractivity contribution in [3.8, 4) is 0 Å². The van der Waals surface area contributed by atoms with Crippen molar-refractivity contribution in [1.29, 1.82) is 0 Å². The summed E-state index contributed by atoms with van der Waals surface area (Å²) in [6.07, 6.45) is -0.927. The molecule has 1 amide bonds. The monoisotopic (exact) mass is 381 g/mol. The van der Waals surface area contributed by atoms with Crippen molar-refractivity contribution in [1.82, 2.24) is 5.32 Å². The number of aryl methyl sites for hydroxylation is 1. The molecular formula is C23H27NO4. The van der Waals surface area contributed by atoms with E-state index in [1.54, 1.807) is 30.3 Å². The second-order valence-electron chi connectivity index (χ2n) is 7.88. The molecule has 5 nitrogen and oxygen atoms in total. The third-order valence-electron chi connectivity index (χ3n) is 4.39. The van der Waals surface area contributed by atoms with E-state index in [1.807, 2.05) is 25.1 Å². The van der Waals surface area contributed by atoms with Gasteiger partial charge in [0.2, 0.25) is 5.78 Å². The summed E-state index contributed by atoms with van der Waals surface area (Å²) in [5.74, 6) is -1.30. The van der Waals surface area contributed by atoms with Crippen molar-refractivity contribution in [2.24, 2.45) is 0 Å². The van der Waals surface area contributed by atoms with Crippen molar-refractivity contribution >= 4 is 17.7 Å². The fraction of sp³-hybridized carbons (Fsp3) is 0.348. The van der Waals surface area contributed by atoms with Gasteiger partial charge in [0.15, 0.2) is 6.10 Å². The van der Waals surface area contributed by atoms with E-state index in [0.717, 1.165) is 11.1 Å². The lowest BCUT2D eigenvalue weighted by Crippen LogP contribution is -2.34. The molecule has 1 N–H and O–H groups in total. The highest BCUT2D eigenvalue weighted by atomic mass is 16.5. The minimum atomic E-state index is -0.927. The van der Waals surface area contributed by atoms with Gasteiger partial charge in [0, 0.05) is 11.1 Å². The van der Waals surface area contributed by atoms with Crippen LogP contribution in [0, 0.1) is 6.92 Å². The Bertz CT molecular complexity index is 863. The zero-order chi connectivity index (χ0) is 20.9. The van der Waals surface area contributed by atoms with Crippen LogP contribution in [0.1, 0.15) is 59.5 Å². The van der Waals surface area contributed by atoms with Crippen LogP contribution in [-0.4, -0.2) is 30.3 Å². The smallest absolute Gasteiger partial charge is 0.326 e. The quantitative estimate of drug-likeness (QED) is 0.610. The van der Waals surface area contributed by atoms with Gasteiger partial charge in [-0.3, -0.25) is 14.4 Å². The second-order valence-corrected chi connectivity index (χ2v) is 7.88. The van der Waals surface area contributed by atoms with Gasteiger partial charge in [-0.25, -0.2) is 0 Å². The van der Waals surface area contributed by atoms with Crippen molar-refractivity contribution in [2.45, 2.75) is 46.1 Å². The molecule has 0 unspecified atom stereocenters. The van der Waals surface area contributed by atoms with Gasteiger partial charge in [-0.15, -0.1) is 0 Å². The molecule has 0 saturated carbocycles. The standard InChI is InChI=1S/C23H27NO4/c1-15-7-6-8-18(13-15)22(27)24-14-20(25)28-16(2)21(26)17-9-11-19(12-10-17)23(3,4)5/h6-13,16H,14H2,1-5H3,(H,24,27)/t16-/m1/s1. The second kappa shape index (κ2) is 8.83. The van der Waals surface area contributed by atoms with Gasteiger partial charge in [0.1, 0.15) is 6.54 Å². The van der Waals surface area contributed by atoms with E-state index in [9.17, 15) is 14.4 Å². The molecule has 0 spiro atoms. The van der Waals surface area contributed by atoms with Crippen molar-refractivity contribution in [3.05, 3.63) is 70.8 Å². The van der Waals surface area contributed by atoms with Gasteiger partial charge < -0.3 is 10.1 Å². The number of esters is 1. The van der Waals surface area contributed by atoms with Crippen LogP contribution in [0.5, 0.6) is 0 Å². The minimum Gasteiger partial charge on any atom is -0.453 e. The van der Waals surface area contributed by atoms with Crippen LogP contribution in [0.4, 0.5) is 0 Å². The number of benzene rings is 2. The van der Waals surface area contributed by atoms with Gasteiger partial charge in [-0.05, 0) is 37.0 Å². The number of hydrogen-bond donors (Lipinski definition) is 1. The average Bonchev–Trinajstić information content (AvgIpc) is 2.64. The molecule has 0 aromatic heterocycles. The number of Topliss-reactive ketones (excluding diaryl/α,β-unsaturated/α-hetero) is 1. The molecule has 2 aromatic carbocycles. The predicted molar refractivity (Wildman–Crippen MR) is 109 cm³/mol. The van der Waals surface area contributed by atoms with E-state index in [0.29, 0.717) is 11.1 Å².